The Morgan fingerprint density at radius 1 is 0.480 bits per heavy atom. The van der Waals surface area contributed by atoms with Gasteiger partial charge in [-0.05, 0) is 163 Å². The Balaban J connectivity index is 0.000000165. The second kappa shape index (κ2) is 42.5. The number of nitrogens with zero attached hydrogens (tertiary/aromatic N) is 18. The summed E-state index contributed by atoms with van der Waals surface area (Å²) >= 11 is 39.4. The van der Waals surface area contributed by atoms with Gasteiger partial charge in [0.05, 0.1) is 13.1 Å². The molecule has 2 fully saturated rings. The van der Waals surface area contributed by atoms with Gasteiger partial charge in [-0.25, -0.2) is 82.5 Å². The van der Waals surface area contributed by atoms with Crippen molar-refractivity contribution < 1.29 is 71.5 Å². The molecule has 0 atom stereocenters. The average molecular weight is 1920 g/mol. The van der Waals surface area contributed by atoms with Gasteiger partial charge >= 0.3 is 18.5 Å². The molecule has 0 unspecified atom stereocenters. The number of halogens is 16. The molecule has 14 rings (SSSR count). The molecule has 12 aromatic rings. The number of benzene rings is 4. The third kappa shape index (κ3) is 32.4. The van der Waals surface area contributed by atoms with Gasteiger partial charge in [-0.1, -0.05) is 76.5 Å². The van der Waals surface area contributed by atoms with Gasteiger partial charge in [-0.2, -0.15) is 59.7 Å². The van der Waals surface area contributed by atoms with Crippen LogP contribution in [0.5, 0.6) is 0 Å². The largest absolute Gasteiger partial charge is 0.397 e. The topological polar surface area (TPSA) is 447 Å². The minimum absolute atomic E-state index is 0.00965. The first kappa shape index (κ1) is 94.4. The van der Waals surface area contributed by atoms with E-state index in [2.05, 4.69) is 122 Å². The summed E-state index contributed by atoms with van der Waals surface area (Å²) in [7, 11) is -3.44. The van der Waals surface area contributed by atoms with E-state index in [0.717, 1.165) is 41.4 Å². The first-order valence-corrected chi connectivity index (χ1v) is 41.9. The number of nitrogen functional groups attached to an aromatic ring is 1. The molecule has 1 aliphatic heterocycles. The van der Waals surface area contributed by atoms with Gasteiger partial charge in [-0.3, -0.25) is 19.2 Å². The molecular formula is C69H57Cl6F10N27O6S5. The van der Waals surface area contributed by atoms with Gasteiger partial charge in [0, 0.05) is 85.3 Å². The van der Waals surface area contributed by atoms with Gasteiger partial charge in [0.25, 0.3) is 0 Å². The number of amides is 4. The van der Waals surface area contributed by atoms with E-state index in [0.29, 0.717) is 90.0 Å². The molecule has 1 saturated carbocycles. The summed E-state index contributed by atoms with van der Waals surface area (Å²) in [5.41, 5.74) is 5.87. The van der Waals surface area contributed by atoms with Gasteiger partial charge in [-0.15, -0.1) is 5.10 Å². The van der Waals surface area contributed by atoms with Crippen LogP contribution in [0.4, 0.5) is 102 Å². The SMILES string of the molecule is CCC(=O)Nc1ccc(Sc2nc(Nc3ncn[nH]3)cc(N3CC(F)(C4CC4)C3)n2)cc1.CS(=O)(=O)c1nc(Cl)cc(Cl)n1.Nc1ncn(-c2cc(Cl)nc(Sc3ccc(NC(=O)CC(F)(F)F)cc3)n2)n1.O=C(CC(F)(F)F)Nc1ccc(Sc2nc(Cl)cc(Cl)n2)cc1.O=C(CC(F)(F)F)Nc1ccc(Sc2nc(Cl)cc(Nc3ncn[nH]3)n2)cc1. The molecule has 33 nitrogen and oxygen atoms in total. The summed E-state index contributed by atoms with van der Waals surface area (Å²) in [6, 6.07) is 33.4. The van der Waals surface area contributed by atoms with Crippen LogP contribution in [0.3, 0.4) is 0 Å². The minimum Gasteiger partial charge on any atom is -0.366 e. The number of sulfone groups is 1. The van der Waals surface area contributed by atoms with Crippen LogP contribution in [-0.2, 0) is 29.0 Å². The fraction of sp³-hybridized carbons (Fsp3) is 0.217. The van der Waals surface area contributed by atoms with Crippen LogP contribution in [0.15, 0.2) is 192 Å². The fourth-order valence-corrected chi connectivity index (χ4v) is 14.8. The maximum absolute atomic E-state index is 14.9. The number of hydrogen-bond acceptors (Lipinski definition) is 30. The van der Waals surface area contributed by atoms with E-state index in [-0.39, 0.29) is 70.9 Å². The molecule has 8 aromatic heterocycles. The molecule has 0 radical (unpaired) electrons. The maximum atomic E-state index is 14.9. The monoisotopic (exact) mass is 1920 g/mol. The van der Waals surface area contributed by atoms with E-state index in [1.807, 2.05) is 36.1 Å². The Labute approximate surface area is 735 Å². The molecule has 4 amide bonds. The number of carbonyl (C=O) groups excluding carboxylic acids is 4. The number of aromatic amines is 2. The molecule has 0 spiro atoms. The van der Waals surface area contributed by atoms with Crippen molar-refractivity contribution in [2.24, 2.45) is 5.92 Å². The minimum atomic E-state index is -4.56. The predicted octanol–water partition coefficient (Wildman–Crippen LogP) is 17.2. The lowest BCUT2D eigenvalue weighted by Crippen LogP contribution is -2.60. The molecule has 0 bridgehead atoms. The second-order valence-electron chi connectivity index (χ2n) is 25.0. The highest BCUT2D eigenvalue weighted by Crippen LogP contribution is 2.48. The Hall–Kier alpha value is -10.8. The van der Waals surface area contributed by atoms with Crippen LogP contribution < -0.4 is 42.5 Å². The summed E-state index contributed by atoms with van der Waals surface area (Å²) in [6.45, 7) is 2.52. The highest BCUT2D eigenvalue weighted by molar-refractivity contribution is 8.00. The third-order valence-electron chi connectivity index (χ3n) is 15.0. The molecule has 2 aliphatic rings. The number of alkyl halides is 10. The Morgan fingerprint density at radius 2 is 0.821 bits per heavy atom. The van der Waals surface area contributed by atoms with Gasteiger partial charge in [0.1, 0.15) is 92.3 Å². The number of anilines is 10. The number of nitrogens with two attached hydrogens (primary N) is 1. The van der Waals surface area contributed by atoms with Crippen molar-refractivity contribution in [1.29, 1.82) is 0 Å². The van der Waals surface area contributed by atoms with E-state index >= 15 is 0 Å². The average Bonchev–Trinajstić information content (AvgIpc) is 1.64. The van der Waals surface area contributed by atoms with Gasteiger partial charge in [0.15, 0.2) is 26.4 Å². The Bertz CT molecular complexity index is 5720. The highest BCUT2D eigenvalue weighted by atomic mass is 35.5. The number of hydrogen-bond donors (Lipinski definition) is 9. The number of H-pyrrole nitrogens is 2. The summed E-state index contributed by atoms with van der Waals surface area (Å²) in [5.74, 6) is -0.339. The molecule has 9 heterocycles. The van der Waals surface area contributed by atoms with Crippen LogP contribution in [0.2, 0.25) is 30.9 Å². The first-order valence-electron chi connectivity index (χ1n) is 34.5. The van der Waals surface area contributed by atoms with Crippen molar-refractivity contribution in [2.75, 3.05) is 61.9 Å². The van der Waals surface area contributed by atoms with Crippen molar-refractivity contribution in [3.05, 3.63) is 177 Å². The second-order valence-corrected chi connectivity index (χ2v) is 33.4. The first-order chi connectivity index (χ1) is 58.0. The lowest BCUT2D eigenvalue weighted by atomic mass is 9.91. The molecule has 1 aliphatic carbocycles. The summed E-state index contributed by atoms with van der Waals surface area (Å²) in [5, 5.41) is 34.1. The molecule has 10 N–H and O–H groups in total. The van der Waals surface area contributed by atoms with Crippen molar-refractivity contribution in [1.82, 2.24) is 95.0 Å². The lowest BCUT2D eigenvalue weighted by molar-refractivity contribution is -0.151. The molecular weight excluding hydrogens is 1870 g/mol. The van der Waals surface area contributed by atoms with Crippen LogP contribution in [0.25, 0.3) is 5.82 Å². The van der Waals surface area contributed by atoms with E-state index in [9.17, 15) is 71.5 Å². The van der Waals surface area contributed by atoms with Crippen molar-refractivity contribution in [3.63, 3.8) is 0 Å². The smallest absolute Gasteiger partial charge is 0.366 e. The van der Waals surface area contributed by atoms with E-state index < -0.39 is 71.0 Å². The summed E-state index contributed by atoms with van der Waals surface area (Å²) in [6.07, 6.45) is -10.8. The van der Waals surface area contributed by atoms with Crippen LogP contribution in [0.1, 0.15) is 45.4 Å². The van der Waals surface area contributed by atoms with E-state index in [1.54, 1.807) is 42.5 Å². The standard InChI is InChI=1S/C21H23FN8OS.2C15H11ClF3N7OS.C13H8Cl2F3N3OS.C5H4Cl2N2O2S/c1-2-18(31)25-14-5-7-15(8-6-14)32-20-27-16(26-19-23-12-24-29-19)9-17(28-20)30-10-21(22,11-30)13-3-4-13;16-10-5-11(26-7-21-13(20)25-26)24-14(23-10)28-9-3-1-8(2-4-9)22-12(27)6-15(17,18)19;16-10-5-11(24-13-20-7-21-26-13)25-14(23-10)28-9-3-1-8(2-4-9)22-12(27)6-15(17,18)19;14-9-5-10(15)21-12(20-9)23-8-3-1-7(2-4-8)19-11(22)6-13(16,17)18;1-12(10,11)5-8-3(6)2-4(7)9-5/h5-9,12-13H,2-4,10-11H2,1H3,(H,25,31)(H2,23,24,26,27,28,29);1-5,7H,6H2,(H2,20,25)(H,22,27);1-5,7H,6H2,(H,22,27)(H2,20,21,23,24,25,26);1-5H,6H2,(H,19,22);2H,1H3. The van der Waals surface area contributed by atoms with E-state index in [4.69, 9.17) is 75.3 Å². The molecule has 54 heteroatoms. The maximum Gasteiger partial charge on any atom is 0.397 e. The van der Waals surface area contributed by atoms with Crippen molar-refractivity contribution in [2.45, 2.75) is 115 Å². The highest BCUT2D eigenvalue weighted by Gasteiger charge is 2.54. The fourth-order valence-electron chi connectivity index (χ4n) is 9.72. The number of carbonyl (C=O) groups is 4. The van der Waals surface area contributed by atoms with Crippen LogP contribution >= 0.6 is 117 Å². The summed E-state index contributed by atoms with van der Waals surface area (Å²) in [4.78, 5) is 103. The van der Waals surface area contributed by atoms with Crippen LogP contribution in [-0.4, -0.2) is 171 Å². The normalized spacial score (nSPS) is 12.8. The summed E-state index contributed by atoms with van der Waals surface area (Å²) < 4.78 is 147. The molecule has 646 valence electrons. The molecule has 123 heavy (non-hydrogen) atoms. The van der Waals surface area contributed by atoms with Gasteiger partial charge < -0.3 is 42.5 Å². The van der Waals surface area contributed by atoms with Gasteiger partial charge in [0.2, 0.25) is 56.5 Å². The van der Waals surface area contributed by atoms with Crippen LogP contribution in [0, 0.1) is 5.92 Å². The molecule has 4 aromatic carbocycles. The zero-order valence-corrected chi connectivity index (χ0v) is 70.9. The third-order valence-corrected chi connectivity index (χ3v) is 20.5. The van der Waals surface area contributed by atoms with Crippen molar-refractivity contribution in [3.8, 4) is 5.82 Å². The number of aromatic nitrogens is 19. The molecule has 1 saturated heterocycles. The quantitative estimate of drug-likeness (QED) is 0.0154. The van der Waals surface area contributed by atoms with Crippen molar-refractivity contribution >= 4 is 208 Å². The van der Waals surface area contributed by atoms with E-state index in [1.165, 1.54) is 120 Å². The Morgan fingerprint density at radius 3 is 1.17 bits per heavy atom. The zero-order chi connectivity index (χ0) is 89.0. The zero-order valence-electron chi connectivity index (χ0n) is 62.3. The lowest BCUT2D eigenvalue weighted by Gasteiger charge is -2.45. The number of nitrogens with one attached hydrogen (secondary N) is 8. The predicted molar refractivity (Wildman–Crippen MR) is 440 cm³/mol. The number of rotatable bonds is 24. The Kier molecular flexibility index (Phi) is 32.6.